The van der Waals surface area contributed by atoms with E-state index in [9.17, 15) is 10.1 Å². The summed E-state index contributed by atoms with van der Waals surface area (Å²) in [6.45, 7) is 1.48. The van der Waals surface area contributed by atoms with Crippen molar-refractivity contribution in [3.05, 3.63) is 16.4 Å². The van der Waals surface area contributed by atoms with Crippen molar-refractivity contribution in [2.45, 2.75) is 25.3 Å². The predicted molar refractivity (Wildman–Crippen MR) is 76.3 cm³/mol. The summed E-state index contributed by atoms with van der Waals surface area (Å²) in [5.41, 5.74) is 6.04. The van der Waals surface area contributed by atoms with Crippen LogP contribution >= 0.6 is 0 Å². The lowest BCUT2D eigenvalue weighted by molar-refractivity contribution is -0.385. The molecule has 2 aliphatic rings. The van der Waals surface area contributed by atoms with Crippen molar-refractivity contribution >= 4 is 11.5 Å². The Labute approximate surface area is 122 Å². The lowest BCUT2D eigenvalue weighted by Gasteiger charge is -2.29. The number of ether oxygens (including phenoxy) is 1. The molecule has 3 atom stereocenters. The molecule has 0 spiro atoms. The summed E-state index contributed by atoms with van der Waals surface area (Å²) in [5.74, 6) is 1.23. The molecule has 1 aliphatic heterocycles. The van der Waals surface area contributed by atoms with E-state index in [2.05, 4.69) is 9.97 Å². The Morgan fingerprint density at radius 2 is 2.24 bits per heavy atom. The molecule has 8 nitrogen and oxygen atoms in total. The van der Waals surface area contributed by atoms with E-state index in [0.29, 0.717) is 24.2 Å². The van der Waals surface area contributed by atoms with Gasteiger partial charge in [-0.2, -0.15) is 4.98 Å². The van der Waals surface area contributed by atoms with Crippen molar-refractivity contribution in [3.63, 3.8) is 0 Å². The van der Waals surface area contributed by atoms with E-state index in [1.54, 1.807) is 0 Å². The van der Waals surface area contributed by atoms with Gasteiger partial charge in [-0.1, -0.05) is 6.42 Å². The lowest BCUT2D eigenvalue weighted by atomic mass is 9.78. The van der Waals surface area contributed by atoms with Gasteiger partial charge in [-0.15, -0.1) is 0 Å². The minimum atomic E-state index is -0.476. The maximum Gasteiger partial charge on any atom is 0.372 e. The van der Waals surface area contributed by atoms with Crippen molar-refractivity contribution in [3.8, 4) is 5.88 Å². The second-order valence-electron chi connectivity index (χ2n) is 5.74. The van der Waals surface area contributed by atoms with Gasteiger partial charge in [-0.3, -0.25) is 10.1 Å². The zero-order chi connectivity index (χ0) is 15.0. The van der Waals surface area contributed by atoms with Crippen molar-refractivity contribution in [1.29, 1.82) is 0 Å². The first-order valence-electron chi connectivity index (χ1n) is 7.15. The first-order valence-corrected chi connectivity index (χ1v) is 7.15. The van der Waals surface area contributed by atoms with E-state index >= 15 is 0 Å². The van der Waals surface area contributed by atoms with Crippen molar-refractivity contribution in [2.24, 2.45) is 17.6 Å². The van der Waals surface area contributed by atoms with Crippen LogP contribution in [0.1, 0.15) is 19.3 Å². The number of anilines is 1. The van der Waals surface area contributed by atoms with Gasteiger partial charge < -0.3 is 15.4 Å². The fraction of sp³-hybridized carbons (Fsp3) is 0.692. The number of hydrogen-bond donors (Lipinski definition) is 1. The molecule has 2 N–H and O–H groups in total. The fourth-order valence-corrected chi connectivity index (χ4v) is 3.58. The zero-order valence-electron chi connectivity index (χ0n) is 11.9. The molecule has 2 fully saturated rings. The third-order valence-electron chi connectivity index (χ3n) is 4.60. The normalized spacial score (nSPS) is 28.3. The Morgan fingerprint density at radius 3 is 2.90 bits per heavy atom. The fourth-order valence-electron chi connectivity index (χ4n) is 3.58. The molecule has 1 aromatic rings. The molecule has 2 heterocycles. The van der Waals surface area contributed by atoms with Crippen molar-refractivity contribution < 1.29 is 9.66 Å². The summed E-state index contributed by atoms with van der Waals surface area (Å²) in [7, 11) is 1.37. The molecule has 1 aromatic heterocycles. The smallest absolute Gasteiger partial charge is 0.372 e. The number of hydrogen-bond acceptors (Lipinski definition) is 7. The van der Waals surface area contributed by atoms with Crippen LogP contribution < -0.4 is 15.4 Å². The van der Waals surface area contributed by atoms with Gasteiger partial charge in [0.1, 0.15) is 6.33 Å². The summed E-state index contributed by atoms with van der Waals surface area (Å²) in [4.78, 5) is 20.8. The maximum absolute atomic E-state index is 11.3. The molecule has 114 valence electrons. The highest BCUT2D eigenvalue weighted by atomic mass is 16.6. The summed E-state index contributed by atoms with van der Waals surface area (Å²) in [6.07, 6.45) is 4.60. The minimum Gasteiger partial charge on any atom is -0.476 e. The highest BCUT2D eigenvalue weighted by Crippen LogP contribution is 2.41. The number of nitrogens with two attached hydrogens (primary N) is 1. The highest BCUT2D eigenvalue weighted by molar-refractivity contribution is 5.63. The molecule has 0 bridgehead atoms. The van der Waals surface area contributed by atoms with Crippen LogP contribution in [-0.4, -0.2) is 41.1 Å². The Balaban J connectivity index is 1.93. The van der Waals surface area contributed by atoms with Crippen LogP contribution in [-0.2, 0) is 0 Å². The first-order chi connectivity index (χ1) is 10.1. The van der Waals surface area contributed by atoms with E-state index in [1.807, 2.05) is 4.90 Å². The average molecular weight is 293 g/mol. The third kappa shape index (κ3) is 2.39. The number of methoxy groups -OCH3 is 1. The molecule has 8 heteroatoms. The van der Waals surface area contributed by atoms with Crippen molar-refractivity contribution in [1.82, 2.24) is 9.97 Å². The summed E-state index contributed by atoms with van der Waals surface area (Å²) >= 11 is 0. The van der Waals surface area contributed by atoms with Gasteiger partial charge in [0.05, 0.1) is 12.0 Å². The molecular weight excluding hydrogens is 274 g/mol. The molecule has 0 amide bonds. The predicted octanol–water partition coefficient (Wildman–Crippen LogP) is 0.957. The monoisotopic (exact) mass is 293 g/mol. The molecule has 1 saturated carbocycles. The second kappa shape index (κ2) is 5.44. The van der Waals surface area contributed by atoms with Gasteiger partial charge in [0.25, 0.3) is 5.88 Å². The molecular formula is C13H19N5O3. The Morgan fingerprint density at radius 1 is 1.43 bits per heavy atom. The Kier molecular flexibility index (Phi) is 3.62. The van der Waals surface area contributed by atoms with E-state index < -0.39 is 4.92 Å². The topological polar surface area (TPSA) is 107 Å². The Bertz CT molecular complexity index is 553. The Hall–Kier alpha value is -1.96. The highest BCUT2D eigenvalue weighted by Gasteiger charge is 2.41. The number of nitrogens with zero attached hydrogens (tertiary/aromatic N) is 4. The first kappa shape index (κ1) is 14.0. The van der Waals surface area contributed by atoms with Crippen LogP contribution in [0.4, 0.5) is 11.5 Å². The lowest BCUT2D eigenvalue weighted by Crippen LogP contribution is -2.38. The van der Waals surface area contributed by atoms with Crippen LogP contribution in [0.5, 0.6) is 5.88 Å². The molecule has 1 aliphatic carbocycles. The van der Waals surface area contributed by atoms with Gasteiger partial charge in [-0.05, 0) is 24.7 Å². The number of fused-ring (bicyclic) bond motifs is 1. The second-order valence-corrected chi connectivity index (χ2v) is 5.74. The van der Waals surface area contributed by atoms with Gasteiger partial charge in [-0.25, -0.2) is 4.98 Å². The zero-order valence-corrected chi connectivity index (χ0v) is 11.9. The van der Waals surface area contributed by atoms with E-state index in [-0.39, 0.29) is 17.6 Å². The quantitative estimate of drug-likeness (QED) is 0.653. The SMILES string of the molecule is COc1ncnc(N2CC3CCCC(N)C3C2)c1[N+](=O)[O-]. The number of rotatable bonds is 3. The van der Waals surface area contributed by atoms with Gasteiger partial charge in [0.15, 0.2) is 0 Å². The molecule has 0 radical (unpaired) electrons. The van der Waals surface area contributed by atoms with E-state index in [4.69, 9.17) is 10.5 Å². The van der Waals surface area contributed by atoms with E-state index in [1.165, 1.54) is 13.4 Å². The van der Waals surface area contributed by atoms with E-state index in [0.717, 1.165) is 25.8 Å². The number of aromatic nitrogens is 2. The molecule has 3 unspecified atom stereocenters. The summed E-state index contributed by atoms with van der Waals surface area (Å²) in [6, 6.07) is 0.177. The van der Waals surface area contributed by atoms with Crippen LogP contribution in [0.25, 0.3) is 0 Å². The molecule has 0 aromatic carbocycles. The van der Waals surface area contributed by atoms with Crippen LogP contribution in [0, 0.1) is 22.0 Å². The van der Waals surface area contributed by atoms with Crippen LogP contribution in [0.3, 0.4) is 0 Å². The maximum atomic E-state index is 11.3. The van der Waals surface area contributed by atoms with Crippen LogP contribution in [0.15, 0.2) is 6.33 Å². The average Bonchev–Trinajstić information content (AvgIpc) is 2.91. The number of nitro groups is 1. The molecule has 1 saturated heterocycles. The largest absolute Gasteiger partial charge is 0.476 e. The third-order valence-corrected chi connectivity index (χ3v) is 4.60. The molecule has 3 rings (SSSR count). The summed E-state index contributed by atoms with van der Waals surface area (Å²) in [5, 5.41) is 11.3. The standard InChI is InChI=1S/C13H19N5O3/c1-21-13-11(18(19)20)12(15-7-16-13)17-5-8-3-2-4-10(14)9(8)6-17/h7-10H,2-6,14H2,1H3. The van der Waals surface area contributed by atoms with Crippen molar-refractivity contribution in [2.75, 3.05) is 25.1 Å². The summed E-state index contributed by atoms with van der Waals surface area (Å²) < 4.78 is 5.00. The van der Waals surface area contributed by atoms with Gasteiger partial charge in [0.2, 0.25) is 5.82 Å². The van der Waals surface area contributed by atoms with Crippen LogP contribution in [0.2, 0.25) is 0 Å². The molecule has 21 heavy (non-hydrogen) atoms. The van der Waals surface area contributed by atoms with Gasteiger partial charge in [0, 0.05) is 19.1 Å². The van der Waals surface area contributed by atoms with Gasteiger partial charge >= 0.3 is 5.69 Å². The minimum absolute atomic E-state index is 0.00386.